The fraction of sp³-hybridized carbons (Fsp3) is 0.688. The summed E-state index contributed by atoms with van der Waals surface area (Å²) in [7, 11) is 3.02. The van der Waals surface area contributed by atoms with Crippen LogP contribution in [0, 0.1) is 11.3 Å². The molecular formula is C16H24N2O3. The molecule has 116 valence electrons. The third kappa shape index (κ3) is 3.17. The van der Waals surface area contributed by atoms with E-state index in [4.69, 9.17) is 9.47 Å². The lowest BCUT2D eigenvalue weighted by atomic mass is 9.74. The second-order valence-electron chi connectivity index (χ2n) is 6.18. The van der Waals surface area contributed by atoms with E-state index in [2.05, 4.69) is 23.8 Å². The fourth-order valence-corrected chi connectivity index (χ4v) is 3.36. The maximum absolute atomic E-state index is 13.1. The van der Waals surface area contributed by atoms with E-state index in [1.165, 1.54) is 20.4 Å². The van der Waals surface area contributed by atoms with Gasteiger partial charge >= 0.3 is 0 Å². The molecule has 5 heteroatoms. The summed E-state index contributed by atoms with van der Waals surface area (Å²) in [6, 6.07) is 0. The number of ether oxygens (including phenoxy) is 2. The van der Waals surface area contributed by atoms with Gasteiger partial charge in [0.05, 0.1) is 20.4 Å². The van der Waals surface area contributed by atoms with Crippen LogP contribution < -0.4 is 9.47 Å². The summed E-state index contributed by atoms with van der Waals surface area (Å²) in [6.07, 6.45) is 6.44. The Balaban J connectivity index is 2.37. The highest BCUT2D eigenvalue weighted by molar-refractivity contribution is 6.00. The number of carbonyl (C=O) groups is 1. The molecule has 1 fully saturated rings. The Hall–Kier alpha value is -1.65. The molecule has 1 aliphatic rings. The molecule has 0 unspecified atom stereocenters. The molecule has 0 aromatic carbocycles. The largest absolute Gasteiger partial charge is 0.480 e. The summed E-state index contributed by atoms with van der Waals surface area (Å²) < 4.78 is 10.3. The van der Waals surface area contributed by atoms with E-state index in [1.807, 2.05) is 0 Å². The zero-order valence-corrected chi connectivity index (χ0v) is 13.3. The van der Waals surface area contributed by atoms with Crippen LogP contribution in [-0.4, -0.2) is 30.0 Å². The van der Waals surface area contributed by atoms with Gasteiger partial charge in [0.25, 0.3) is 0 Å². The molecule has 0 N–H and O–H groups in total. The van der Waals surface area contributed by atoms with Crippen molar-refractivity contribution in [3.63, 3.8) is 0 Å². The van der Waals surface area contributed by atoms with Gasteiger partial charge in [-0.05, 0) is 25.2 Å². The second kappa shape index (κ2) is 6.41. The lowest BCUT2D eigenvalue weighted by Crippen LogP contribution is -2.31. The molecule has 5 nitrogen and oxygen atoms in total. The first kappa shape index (κ1) is 15.7. The first-order valence-electron chi connectivity index (χ1n) is 7.52. The topological polar surface area (TPSA) is 61.3 Å². The quantitative estimate of drug-likeness (QED) is 0.753. The van der Waals surface area contributed by atoms with Crippen molar-refractivity contribution in [1.82, 2.24) is 9.97 Å². The number of hydrogen-bond donors (Lipinski definition) is 0. The van der Waals surface area contributed by atoms with Crippen molar-refractivity contribution >= 4 is 5.78 Å². The Morgan fingerprint density at radius 2 is 1.95 bits per heavy atom. The molecule has 0 bridgehead atoms. The van der Waals surface area contributed by atoms with Crippen LogP contribution in [0.3, 0.4) is 0 Å². The molecule has 1 aromatic heterocycles. The monoisotopic (exact) mass is 292 g/mol. The second-order valence-corrected chi connectivity index (χ2v) is 6.18. The smallest absolute Gasteiger partial charge is 0.246 e. The molecule has 2 rings (SSSR count). The minimum Gasteiger partial charge on any atom is -0.480 e. The Morgan fingerprint density at radius 1 is 1.29 bits per heavy atom. The normalized spacial score (nSPS) is 17.0. The van der Waals surface area contributed by atoms with Crippen molar-refractivity contribution in [3.8, 4) is 11.8 Å². The van der Waals surface area contributed by atoms with Crippen LogP contribution in [0.4, 0.5) is 0 Å². The molecule has 0 radical (unpaired) electrons. The molecule has 0 atom stereocenters. The molecule has 1 aliphatic carbocycles. The average molecular weight is 292 g/mol. The lowest BCUT2D eigenvalue weighted by molar-refractivity contribution is 0.0749. The van der Waals surface area contributed by atoms with Gasteiger partial charge in [0.2, 0.25) is 11.8 Å². The fourth-order valence-electron chi connectivity index (χ4n) is 3.36. The summed E-state index contributed by atoms with van der Waals surface area (Å²) in [5.74, 6) is 1.16. The van der Waals surface area contributed by atoms with Gasteiger partial charge in [-0.15, -0.1) is 0 Å². The van der Waals surface area contributed by atoms with E-state index in [1.54, 1.807) is 0 Å². The van der Waals surface area contributed by atoms with Gasteiger partial charge in [-0.1, -0.05) is 26.7 Å². The number of methoxy groups -OCH3 is 2. The van der Waals surface area contributed by atoms with Gasteiger partial charge in [0, 0.05) is 5.41 Å². The van der Waals surface area contributed by atoms with Crippen LogP contribution in [0.25, 0.3) is 0 Å². The highest BCUT2D eigenvalue weighted by Crippen LogP contribution is 2.46. The minimum absolute atomic E-state index is 0.0701. The van der Waals surface area contributed by atoms with E-state index in [9.17, 15) is 4.79 Å². The number of rotatable bonds is 6. The zero-order chi connectivity index (χ0) is 15.5. The molecule has 0 spiro atoms. The van der Waals surface area contributed by atoms with Gasteiger partial charge in [0.15, 0.2) is 11.5 Å². The standard InChI is InChI=1S/C16H24N2O3/c1-11(2)9-16(7-5-6-8-16)14(19)13-15(21-4)18-12(20-3)10-17-13/h10-11H,5-9H2,1-4H3. The van der Waals surface area contributed by atoms with Gasteiger partial charge in [-0.2, -0.15) is 4.98 Å². The number of aromatic nitrogens is 2. The summed E-state index contributed by atoms with van der Waals surface area (Å²) in [6.45, 7) is 4.31. The lowest BCUT2D eigenvalue weighted by Gasteiger charge is -2.29. The van der Waals surface area contributed by atoms with Crippen LogP contribution in [0.1, 0.15) is 56.4 Å². The number of Topliss-reactive ketones (excluding diaryl/α,β-unsaturated/α-hetero) is 1. The van der Waals surface area contributed by atoms with Crippen LogP contribution in [0.2, 0.25) is 0 Å². The van der Waals surface area contributed by atoms with Crippen LogP contribution in [-0.2, 0) is 0 Å². The van der Waals surface area contributed by atoms with Crippen molar-refractivity contribution in [1.29, 1.82) is 0 Å². The summed E-state index contributed by atoms with van der Waals surface area (Å²) in [5, 5.41) is 0. The zero-order valence-electron chi connectivity index (χ0n) is 13.3. The van der Waals surface area contributed by atoms with Crippen molar-refractivity contribution in [2.45, 2.75) is 46.0 Å². The Morgan fingerprint density at radius 3 is 2.48 bits per heavy atom. The Labute approximate surface area is 126 Å². The van der Waals surface area contributed by atoms with Crippen molar-refractivity contribution in [3.05, 3.63) is 11.9 Å². The van der Waals surface area contributed by atoms with E-state index < -0.39 is 0 Å². The van der Waals surface area contributed by atoms with Gasteiger partial charge < -0.3 is 9.47 Å². The predicted octanol–water partition coefficient (Wildman–Crippen LogP) is 3.28. The van der Waals surface area contributed by atoms with E-state index in [0.29, 0.717) is 17.5 Å². The molecule has 1 saturated carbocycles. The van der Waals surface area contributed by atoms with Gasteiger partial charge in [-0.3, -0.25) is 4.79 Å². The number of ketones is 1. The molecule has 0 amide bonds. The van der Waals surface area contributed by atoms with E-state index in [0.717, 1.165) is 32.1 Å². The van der Waals surface area contributed by atoms with Crippen molar-refractivity contribution in [2.24, 2.45) is 11.3 Å². The van der Waals surface area contributed by atoms with Crippen molar-refractivity contribution < 1.29 is 14.3 Å². The van der Waals surface area contributed by atoms with Gasteiger partial charge in [0.1, 0.15) is 0 Å². The molecule has 0 aliphatic heterocycles. The summed E-state index contributed by atoms with van der Waals surface area (Å²) in [4.78, 5) is 21.5. The summed E-state index contributed by atoms with van der Waals surface area (Å²) in [5.41, 5.74) is 0.0332. The molecule has 1 heterocycles. The van der Waals surface area contributed by atoms with Gasteiger partial charge in [-0.25, -0.2) is 4.98 Å². The first-order valence-corrected chi connectivity index (χ1v) is 7.52. The highest BCUT2D eigenvalue weighted by atomic mass is 16.5. The molecule has 0 saturated heterocycles. The van der Waals surface area contributed by atoms with E-state index >= 15 is 0 Å². The Bertz CT molecular complexity index is 508. The molecule has 21 heavy (non-hydrogen) atoms. The molecule has 1 aromatic rings. The van der Waals surface area contributed by atoms with Crippen LogP contribution in [0.15, 0.2) is 6.20 Å². The minimum atomic E-state index is -0.301. The number of hydrogen-bond acceptors (Lipinski definition) is 5. The predicted molar refractivity (Wildman–Crippen MR) is 79.8 cm³/mol. The third-order valence-corrected chi connectivity index (χ3v) is 4.18. The van der Waals surface area contributed by atoms with Crippen LogP contribution in [0.5, 0.6) is 11.8 Å². The maximum atomic E-state index is 13.1. The number of nitrogens with zero attached hydrogens (tertiary/aromatic N) is 2. The Kier molecular flexibility index (Phi) is 4.80. The SMILES string of the molecule is COc1cnc(C(=O)C2(CC(C)C)CCCC2)c(OC)n1. The van der Waals surface area contributed by atoms with Crippen LogP contribution >= 0.6 is 0 Å². The number of carbonyl (C=O) groups excluding carboxylic acids is 1. The third-order valence-electron chi connectivity index (χ3n) is 4.18. The van der Waals surface area contributed by atoms with Crippen molar-refractivity contribution in [2.75, 3.05) is 14.2 Å². The maximum Gasteiger partial charge on any atom is 0.246 e. The average Bonchev–Trinajstić information content (AvgIpc) is 2.94. The first-order chi connectivity index (χ1) is 10.0. The highest BCUT2D eigenvalue weighted by Gasteiger charge is 2.43. The van der Waals surface area contributed by atoms with E-state index in [-0.39, 0.29) is 17.1 Å². The molecular weight excluding hydrogens is 268 g/mol. The summed E-state index contributed by atoms with van der Waals surface area (Å²) >= 11 is 0.